The molecule has 0 bridgehead atoms. The van der Waals surface area contributed by atoms with Gasteiger partial charge in [-0.1, -0.05) is 533 Å². The van der Waals surface area contributed by atoms with Crippen molar-refractivity contribution in [3.63, 3.8) is 0 Å². The Labute approximate surface area is 814 Å². The molecule has 0 saturated carbocycles. The van der Waals surface area contributed by atoms with Crippen LogP contribution in [0.25, 0.3) is 44.5 Å². The SMILES string of the molecule is CC.CC.CC.CC.CC.CC.CC.CC.Cc1ccc(C#N)cc1.Cc1cccc(C#N)c1.Cc1cccc(C#N)c1C#N.Cc1ccccc1.Cc1ccccc1.Cc1ccccc1.Cc1ccccc1.Cc1ccccc1-c1ccccc1.Cc1ccccc1-c1ccccc1.Cc1ccccc1-c1ccccc1.Cc1ccccc1-c1ccccc1.Cc1ccccc1C#N. The fraction of sp³-hybridized carbons (Fsp3) is 0.217. The van der Waals surface area contributed by atoms with Gasteiger partial charge in [-0.25, -0.2) is 0 Å². The summed E-state index contributed by atoms with van der Waals surface area (Å²) in [5, 5.41) is 42.5. The molecule has 16 rings (SSSR count). The standard InChI is InChI=1S/4C13H12.C9H6N2.3C8H7N.4C7H8.8C2H6/c4*1-11-7-5-6-10-13(11)12-8-3-2-4-9-12;1-7-3-2-4-8(5-10)9(7)6-11;1-7-2-4-8(6-9)5-3-7;1-7-3-2-4-8(5-7)6-9;1-7-4-2-3-5-8(7)6-9;4*1-7-5-3-2-4-6-7;8*1-2/h4*2-10H,1H3;2-4H,1H3;3*2-5H,1H3;4*2-6H,1H3;8*1-2H3. The van der Waals surface area contributed by atoms with Gasteiger partial charge in [-0.2, -0.15) is 26.3 Å². The van der Waals surface area contributed by atoms with Gasteiger partial charge in [-0.3, -0.25) is 0 Å². The zero-order valence-electron chi connectivity index (χ0n) is 86.2. The van der Waals surface area contributed by atoms with E-state index in [9.17, 15) is 0 Å². The first-order chi connectivity index (χ1) is 65.4. The molecule has 0 spiro atoms. The molecule has 5 nitrogen and oxygen atoms in total. The number of aryl methyl sites for hydroxylation is 12. The minimum Gasteiger partial charge on any atom is -0.192 e. The van der Waals surface area contributed by atoms with Gasteiger partial charge in [-0.15, -0.1) is 0 Å². The van der Waals surface area contributed by atoms with Crippen molar-refractivity contribution >= 4 is 0 Å². The van der Waals surface area contributed by atoms with Crippen LogP contribution in [0.1, 0.15) is 205 Å². The molecule has 134 heavy (non-hydrogen) atoms. The van der Waals surface area contributed by atoms with E-state index in [1.54, 1.807) is 18.2 Å². The van der Waals surface area contributed by atoms with Gasteiger partial charge in [-0.05, 0) is 203 Å². The Morgan fingerprint density at radius 2 is 0.343 bits per heavy atom. The van der Waals surface area contributed by atoms with Crippen molar-refractivity contribution in [2.24, 2.45) is 0 Å². The van der Waals surface area contributed by atoms with Crippen LogP contribution < -0.4 is 0 Å². The van der Waals surface area contributed by atoms with Gasteiger partial charge in [0.15, 0.2) is 0 Å². The Balaban J connectivity index is -0.000000682. The Kier molecular flexibility index (Phi) is 81.6. The second-order valence-corrected chi connectivity index (χ2v) is 27.4. The van der Waals surface area contributed by atoms with Gasteiger partial charge in [0.25, 0.3) is 0 Å². The molecule has 0 atom stereocenters. The molecule has 0 N–H and O–H groups in total. The fourth-order valence-corrected chi connectivity index (χ4v) is 11.1. The van der Waals surface area contributed by atoms with E-state index >= 15 is 0 Å². The molecule has 0 unspecified atom stereocenters. The van der Waals surface area contributed by atoms with Crippen LogP contribution >= 0.6 is 0 Å². The van der Waals surface area contributed by atoms with Gasteiger partial charge in [0.2, 0.25) is 0 Å². The monoisotopic (exact) mass is 1770 g/mol. The highest BCUT2D eigenvalue weighted by Gasteiger charge is 2.04. The highest BCUT2D eigenvalue weighted by molar-refractivity contribution is 5.69. The van der Waals surface area contributed by atoms with E-state index in [4.69, 9.17) is 26.3 Å². The largest absolute Gasteiger partial charge is 0.192 e. The summed E-state index contributed by atoms with van der Waals surface area (Å²) in [6.45, 7) is 56.6. The van der Waals surface area contributed by atoms with Gasteiger partial charge in [0.1, 0.15) is 12.1 Å². The van der Waals surface area contributed by atoms with Crippen LogP contribution in [0.5, 0.6) is 0 Å². The minimum absolute atomic E-state index is 0.451. The molecule has 16 aromatic carbocycles. The third kappa shape index (κ3) is 58.5. The Morgan fingerprint density at radius 1 is 0.142 bits per heavy atom. The lowest BCUT2D eigenvalue weighted by Gasteiger charge is -2.04. The third-order valence-corrected chi connectivity index (χ3v) is 17.8. The maximum atomic E-state index is 8.63. The van der Waals surface area contributed by atoms with Crippen molar-refractivity contribution in [1.29, 1.82) is 26.3 Å². The van der Waals surface area contributed by atoms with Gasteiger partial charge < -0.3 is 0 Å². The molecule has 16 aromatic rings. The van der Waals surface area contributed by atoms with Crippen molar-refractivity contribution < 1.29 is 0 Å². The summed E-state index contributed by atoms with van der Waals surface area (Å²) < 4.78 is 0. The molecule has 0 aliphatic heterocycles. The van der Waals surface area contributed by atoms with Crippen molar-refractivity contribution in [1.82, 2.24) is 0 Å². The topological polar surface area (TPSA) is 119 Å². The number of benzene rings is 16. The second-order valence-electron chi connectivity index (χ2n) is 27.4. The van der Waals surface area contributed by atoms with E-state index in [0.29, 0.717) is 11.1 Å². The zero-order valence-corrected chi connectivity index (χ0v) is 86.2. The Morgan fingerprint density at radius 3 is 0.537 bits per heavy atom. The molecule has 0 radical (unpaired) electrons. The highest BCUT2D eigenvalue weighted by Crippen LogP contribution is 2.26. The zero-order chi connectivity index (χ0) is 101. The third-order valence-electron chi connectivity index (χ3n) is 17.8. The lowest BCUT2D eigenvalue weighted by Crippen LogP contribution is -1.86. The lowest BCUT2D eigenvalue weighted by atomic mass is 10.0. The molecule has 0 aliphatic rings. The summed E-state index contributed by atoms with van der Waals surface area (Å²) in [5.41, 5.74) is 28.4. The fourth-order valence-electron chi connectivity index (χ4n) is 11.1. The molecule has 0 fully saturated rings. The Bertz CT molecular complexity index is 5190. The summed E-state index contributed by atoms with van der Waals surface area (Å²) >= 11 is 0. The first kappa shape index (κ1) is 125. The number of hydrogen-bond donors (Lipinski definition) is 0. The molecular weight excluding hydrogens is 1620 g/mol. The van der Waals surface area contributed by atoms with E-state index in [1.807, 2.05) is 320 Å². The van der Waals surface area contributed by atoms with Crippen LogP contribution in [0.3, 0.4) is 0 Å². The van der Waals surface area contributed by atoms with E-state index in [0.717, 1.165) is 33.4 Å². The van der Waals surface area contributed by atoms with Gasteiger partial charge in [0, 0.05) is 0 Å². The number of nitrogens with zero attached hydrogens (tertiary/aromatic N) is 5. The summed E-state index contributed by atoms with van der Waals surface area (Å²) in [5.74, 6) is 0. The number of hydrogen-bond acceptors (Lipinski definition) is 5. The van der Waals surface area contributed by atoms with Crippen LogP contribution in [-0.2, 0) is 0 Å². The average Bonchev–Trinajstić information content (AvgIpc) is 0.867. The second kappa shape index (κ2) is 87.3. The number of rotatable bonds is 4. The highest BCUT2D eigenvalue weighted by atomic mass is 14.3. The van der Waals surface area contributed by atoms with Crippen molar-refractivity contribution in [3.8, 4) is 74.9 Å². The maximum Gasteiger partial charge on any atom is 0.101 e. The molecule has 0 aliphatic carbocycles. The van der Waals surface area contributed by atoms with Crippen molar-refractivity contribution in [3.05, 3.63) is 525 Å². The van der Waals surface area contributed by atoms with E-state index < -0.39 is 0 Å². The van der Waals surface area contributed by atoms with E-state index in [-0.39, 0.29) is 0 Å². The molecule has 0 saturated heterocycles. The van der Waals surface area contributed by atoms with Crippen LogP contribution in [0.2, 0.25) is 0 Å². The molecule has 0 heterocycles. The lowest BCUT2D eigenvalue weighted by molar-refractivity contribution is 1.36. The summed E-state index contributed by atoms with van der Waals surface area (Å²) in [7, 11) is 0. The summed E-state index contributed by atoms with van der Waals surface area (Å²) in [4.78, 5) is 0. The van der Waals surface area contributed by atoms with Gasteiger partial charge in [0.05, 0.1) is 46.0 Å². The molecule has 696 valence electrons. The van der Waals surface area contributed by atoms with Gasteiger partial charge >= 0.3 is 0 Å². The number of nitriles is 5. The summed E-state index contributed by atoms with van der Waals surface area (Å²) in [6.07, 6.45) is 0. The molecule has 0 amide bonds. The quantitative estimate of drug-likeness (QED) is 0.174. The summed E-state index contributed by atoms with van der Waals surface area (Å²) in [6, 6.07) is 155. The molecule has 0 aromatic heterocycles. The normalized spacial score (nSPS) is 8.41. The average molecular weight is 1780 g/mol. The first-order valence-corrected chi connectivity index (χ1v) is 47.2. The van der Waals surface area contributed by atoms with Crippen LogP contribution in [0.4, 0.5) is 0 Å². The smallest absolute Gasteiger partial charge is 0.101 e. The first-order valence-electron chi connectivity index (χ1n) is 47.2. The van der Waals surface area contributed by atoms with E-state index in [1.165, 1.54) is 94.6 Å². The van der Waals surface area contributed by atoms with Crippen LogP contribution in [-0.4, -0.2) is 0 Å². The van der Waals surface area contributed by atoms with Crippen LogP contribution in [0, 0.1) is 140 Å². The van der Waals surface area contributed by atoms with Crippen molar-refractivity contribution in [2.75, 3.05) is 0 Å². The Hall–Kier alpha value is -15.0. The molecule has 5 heteroatoms. The van der Waals surface area contributed by atoms with E-state index in [2.05, 4.69) is 316 Å². The maximum absolute atomic E-state index is 8.63. The molecular formula is C129H155N5. The van der Waals surface area contributed by atoms with Crippen molar-refractivity contribution in [2.45, 2.75) is 194 Å². The predicted octanol–water partition coefficient (Wildman–Crippen LogP) is 38.2. The minimum atomic E-state index is 0.451. The van der Waals surface area contributed by atoms with Crippen LogP contribution in [0.15, 0.2) is 431 Å². The predicted molar refractivity (Wildman–Crippen MR) is 590 cm³/mol.